The summed E-state index contributed by atoms with van der Waals surface area (Å²) in [7, 11) is 0. The Bertz CT molecular complexity index is 956. The summed E-state index contributed by atoms with van der Waals surface area (Å²) in [5, 5.41) is 14.6. The average molecular weight is 501 g/mol. The van der Waals surface area contributed by atoms with Crippen molar-refractivity contribution in [2.24, 2.45) is 0 Å². The van der Waals surface area contributed by atoms with Gasteiger partial charge in [-0.2, -0.15) is 0 Å². The number of aliphatic carboxylic acids is 1. The molecule has 2 amide bonds. The summed E-state index contributed by atoms with van der Waals surface area (Å²) in [5.41, 5.74) is 1.05. The molecule has 3 N–H and O–H groups in total. The van der Waals surface area contributed by atoms with Crippen molar-refractivity contribution in [2.45, 2.75) is 64.7 Å². The van der Waals surface area contributed by atoms with E-state index in [0.717, 1.165) is 30.4 Å². The zero-order chi connectivity index (χ0) is 26.4. The van der Waals surface area contributed by atoms with Gasteiger partial charge in [-0.3, -0.25) is 0 Å². The lowest BCUT2D eigenvalue weighted by Crippen LogP contribution is -2.42. The van der Waals surface area contributed by atoms with E-state index in [4.69, 9.17) is 14.2 Å². The highest BCUT2D eigenvalue weighted by Crippen LogP contribution is 2.15. The fourth-order valence-electron chi connectivity index (χ4n) is 3.16. The summed E-state index contributed by atoms with van der Waals surface area (Å²) >= 11 is 0. The van der Waals surface area contributed by atoms with Crippen molar-refractivity contribution in [3.63, 3.8) is 0 Å². The molecule has 0 aromatic heterocycles. The maximum absolute atomic E-state index is 12.0. The van der Waals surface area contributed by atoms with Crippen LogP contribution < -0.4 is 15.4 Å². The van der Waals surface area contributed by atoms with E-state index in [-0.39, 0.29) is 13.0 Å². The fourth-order valence-corrected chi connectivity index (χ4v) is 3.16. The molecule has 2 aromatic carbocycles. The highest BCUT2D eigenvalue weighted by atomic mass is 16.6. The number of hydrogen-bond donors (Lipinski definition) is 3. The number of amides is 2. The molecule has 0 bridgehead atoms. The summed E-state index contributed by atoms with van der Waals surface area (Å²) in [4.78, 5) is 35.2. The minimum atomic E-state index is -1.15. The molecule has 0 saturated heterocycles. The number of nitrogens with one attached hydrogen (secondary N) is 2. The number of ether oxygens (including phenoxy) is 3. The topological polar surface area (TPSA) is 123 Å². The van der Waals surface area contributed by atoms with Crippen LogP contribution in [0.25, 0.3) is 0 Å². The van der Waals surface area contributed by atoms with Crippen molar-refractivity contribution in [3.05, 3.63) is 65.7 Å². The number of hydrogen-bond acceptors (Lipinski definition) is 6. The lowest BCUT2D eigenvalue weighted by atomic mass is 10.1. The van der Waals surface area contributed by atoms with Gasteiger partial charge in [0, 0.05) is 13.0 Å². The van der Waals surface area contributed by atoms with E-state index in [1.54, 1.807) is 24.3 Å². The average Bonchev–Trinajstić information content (AvgIpc) is 2.82. The van der Waals surface area contributed by atoms with E-state index in [1.807, 2.05) is 51.1 Å². The molecular formula is C27H36N2O7. The van der Waals surface area contributed by atoms with Crippen LogP contribution in [-0.4, -0.2) is 48.1 Å². The summed E-state index contributed by atoms with van der Waals surface area (Å²) in [6.45, 7) is 6.60. The van der Waals surface area contributed by atoms with E-state index in [1.165, 1.54) is 0 Å². The van der Waals surface area contributed by atoms with Crippen LogP contribution in [0.3, 0.4) is 0 Å². The number of unbranched alkanes of at least 4 members (excludes halogenated alkanes) is 2. The van der Waals surface area contributed by atoms with Gasteiger partial charge in [0.15, 0.2) is 0 Å². The van der Waals surface area contributed by atoms with Crippen LogP contribution in [0.2, 0.25) is 0 Å². The zero-order valence-electron chi connectivity index (χ0n) is 21.1. The Morgan fingerprint density at radius 2 is 1.58 bits per heavy atom. The van der Waals surface area contributed by atoms with E-state index >= 15 is 0 Å². The summed E-state index contributed by atoms with van der Waals surface area (Å²) in [5.74, 6) is -0.471. The van der Waals surface area contributed by atoms with Gasteiger partial charge in [-0.15, -0.1) is 0 Å². The first-order valence-electron chi connectivity index (χ1n) is 12.0. The number of carbonyl (C=O) groups is 3. The molecule has 0 fully saturated rings. The minimum Gasteiger partial charge on any atom is -0.494 e. The molecule has 196 valence electrons. The Morgan fingerprint density at radius 3 is 2.22 bits per heavy atom. The molecule has 0 radical (unpaired) electrons. The molecule has 0 aliphatic carbocycles. The Kier molecular flexibility index (Phi) is 11.6. The van der Waals surface area contributed by atoms with E-state index in [2.05, 4.69) is 10.6 Å². The van der Waals surface area contributed by atoms with Crippen molar-refractivity contribution in [1.29, 1.82) is 0 Å². The molecule has 0 heterocycles. The first-order chi connectivity index (χ1) is 17.1. The van der Waals surface area contributed by atoms with Crippen molar-refractivity contribution >= 4 is 18.2 Å². The molecule has 0 saturated carbocycles. The Morgan fingerprint density at radius 1 is 0.889 bits per heavy atom. The van der Waals surface area contributed by atoms with Gasteiger partial charge in [0.25, 0.3) is 0 Å². The second-order valence-electron chi connectivity index (χ2n) is 9.28. The lowest BCUT2D eigenvalue weighted by molar-refractivity contribution is -0.139. The van der Waals surface area contributed by atoms with Crippen molar-refractivity contribution in [3.8, 4) is 5.75 Å². The number of carboxylic acids is 1. The molecule has 9 nitrogen and oxygen atoms in total. The molecule has 0 aliphatic rings. The first kappa shape index (κ1) is 28.5. The highest BCUT2D eigenvalue weighted by molar-refractivity contribution is 5.80. The molecule has 2 rings (SSSR count). The lowest BCUT2D eigenvalue weighted by Gasteiger charge is -2.19. The molecule has 0 aliphatic heterocycles. The van der Waals surface area contributed by atoms with Crippen LogP contribution in [0.4, 0.5) is 9.59 Å². The highest BCUT2D eigenvalue weighted by Gasteiger charge is 2.21. The van der Waals surface area contributed by atoms with Crippen LogP contribution in [-0.2, 0) is 27.3 Å². The molecule has 2 aromatic rings. The summed E-state index contributed by atoms with van der Waals surface area (Å²) in [6.07, 6.45) is 1.45. The molecule has 9 heteroatoms. The summed E-state index contributed by atoms with van der Waals surface area (Å²) in [6, 6.07) is 15.1. The van der Waals surface area contributed by atoms with Gasteiger partial charge in [-0.25, -0.2) is 14.4 Å². The third kappa shape index (κ3) is 12.1. The number of benzene rings is 2. The van der Waals surface area contributed by atoms with Crippen LogP contribution in [0.1, 0.15) is 51.2 Å². The predicted octanol–water partition coefficient (Wildman–Crippen LogP) is 4.68. The number of carbonyl (C=O) groups excluding carboxylic acids is 2. The van der Waals surface area contributed by atoms with E-state index < -0.39 is 29.8 Å². The number of carboxylic acid groups (broad SMARTS) is 1. The van der Waals surface area contributed by atoms with Gasteiger partial charge >= 0.3 is 18.2 Å². The fraction of sp³-hybridized carbons (Fsp3) is 0.444. The van der Waals surface area contributed by atoms with Crippen LogP contribution in [0.15, 0.2) is 54.6 Å². The number of rotatable bonds is 13. The van der Waals surface area contributed by atoms with Crippen LogP contribution >= 0.6 is 0 Å². The van der Waals surface area contributed by atoms with Crippen molar-refractivity contribution in [1.82, 2.24) is 10.6 Å². The maximum Gasteiger partial charge on any atom is 0.408 e. The number of alkyl carbamates (subject to hydrolysis) is 2. The smallest absolute Gasteiger partial charge is 0.408 e. The second kappa shape index (κ2) is 14.6. The van der Waals surface area contributed by atoms with Gasteiger partial charge in [-0.05, 0) is 63.3 Å². The Hall–Kier alpha value is -3.75. The molecule has 0 spiro atoms. The largest absolute Gasteiger partial charge is 0.494 e. The van der Waals surface area contributed by atoms with Crippen LogP contribution in [0.5, 0.6) is 5.75 Å². The zero-order valence-corrected chi connectivity index (χ0v) is 21.1. The normalized spacial score (nSPS) is 11.8. The quantitative estimate of drug-likeness (QED) is 0.341. The van der Waals surface area contributed by atoms with Gasteiger partial charge in [0.2, 0.25) is 0 Å². The van der Waals surface area contributed by atoms with Gasteiger partial charge < -0.3 is 30.0 Å². The standard InChI is InChI=1S/C27H36N2O7/c1-27(2,3)36-25(32)28-16-8-5-9-17-34-22-14-12-20(13-15-22)18-23(24(30)31)29-26(33)35-19-21-10-6-4-7-11-21/h4,6-7,10-15,23H,5,8-9,16-19H2,1-3H3,(H,28,32)(H,29,33)(H,30,31)/t23-/m0/s1. The molecule has 0 unspecified atom stereocenters. The maximum atomic E-state index is 12.0. The third-order valence-corrected chi connectivity index (χ3v) is 4.92. The Balaban J connectivity index is 1.66. The second-order valence-corrected chi connectivity index (χ2v) is 9.28. The van der Waals surface area contributed by atoms with Gasteiger partial charge in [0.1, 0.15) is 24.0 Å². The molecule has 1 atom stereocenters. The molecule has 36 heavy (non-hydrogen) atoms. The van der Waals surface area contributed by atoms with E-state index in [0.29, 0.717) is 18.9 Å². The SMILES string of the molecule is CC(C)(C)OC(=O)NCCCCCOc1ccc(C[C@H](NC(=O)OCc2ccccc2)C(=O)O)cc1. The third-order valence-electron chi connectivity index (χ3n) is 4.92. The van der Waals surface area contributed by atoms with Crippen LogP contribution in [0, 0.1) is 0 Å². The van der Waals surface area contributed by atoms with E-state index in [9.17, 15) is 19.5 Å². The van der Waals surface area contributed by atoms with Gasteiger partial charge in [-0.1, -0.05) is 42.5 Å². The monoisotopic (exact) mass is 500 g/mol. The first-order valence-corrected chi connectivity index (χ1v) is 12.0. The van der Waals surface area contributed by atoms with Crippen molar-refractivity contribution in [2.75, 3.05) is 13.2 Å². The predicted molar refractivity (Wildman–Crippen MR) is 135 cm³/mol. The summed E-state index contributed by atoms with van der Waals surface area (Å²) < 4.78 is 16.0. The Labute approximate surface area is 212 Å². The van der Waals surface area contributed by atoms with Crippen molar-refractivity contribution < 1.29 is 33.7 Å². The molecular weight excluding hydrogens is 464 g/mol. The van der Waals surface area contributed by atoms with Gasteiger partial charge in [0.05, 0.1) is 6.61 Å². The minimum absolute atomic E-state index is 0.0608.